The molecule has 1 aromatic heterocycles. The van der Waals surface area contributed by atoms with Gasteiger partial charge in [-0.2, -0.15) is 0 Å². The normalized spacial score (nSPS) is 15.9. The van der Waals surface area contributed by atoms with Crippen LogP contribution in [0.4, 0.5) is 6.01 Å². The molecule has 0 atom stereocenters. The number of hydrogen-bond donors (Lipinski definition) is 1. The van der Waals surface area contributed by atoms with Crippen molar-refractivity contribution in [3.05, 3.63) is 12.0 Å². The van der Waals surface area contributed by atoms with E-state index in [4.69, 9.17) is 10.2 Å². The van der Waals surface area contributed by atoms with E-state index in [-0.39, 0.29) is 0 Å². The Morgan fingerprint density at radius 3 is 2.93 bits per heavy atom. The minimum absolute atomic E-state index is 0.639. The molecule has 4 heteroatoms. The summed E-state index contributed by atoms with van der Waals surface area (Å²) >= 11 is 0. The van der Waals surface area contributed by atoms with Crippen LogP contribution < -0.4 is 10.6 Å². The zero-order valence-corrected chi connectivity index (χ0v) is 8.57. The van der Waals surface area contributed by atoms with Gasteiger partial charge in [0.25, 0.3) is 6.01 Å². The molecule has 14 heavy (non-hydrogen) atoms. The van der Waals surface area contributed by atoms with Gasteiger partial charge in [0, 0.05) is 12.6 Å². The standard InChI is InChI=1S/C10H17N3O/c1-8-7-12-10(14-8)13(6-2-5-11)9-3-4-9/h7,9H,2-6,11H2,1H3. The third kappa shape index (κ3) is 2.07. The summed E-state index contributed by atoms with van der Waals surface area (Å²) in [5.41, 5.74) is 5.50. The molecule has 78 valence electrons. The van der Waals surface area contributed by atoms with Crippen LogP contribution >= 0.6 is 0 Å². The van der Waals surface area contributed by atoms with Crippen LogP contribution in [0.15, 0.2) is 10.6 Å². The summed E-state index contributed by atoms with van der Waals surface area (Å²) in [5.74, 6) is 0.874. The van der Waals surface area contributed by atoms with E-state index >= 15 is 0 Å². The minimum atomic E-state index is 0.639. The topological polar surface area (TPSA) is 55.3 Å². The van der Waals surface area contributed by atoms with Gasteiger partial charge in [-0.25, -0.2) is 4.98 Å². The highest BCUT2D eigenvalue weighted by atomic mass is 16.4. The summed E-state index contributed by atoms with van der Waals surface area (Å²) in [6.07, 6.45) is 5.28. The summed E-state index contributed by atoms with van der Waals surface area (Å²) < 4.78 is 5.52. The Balaban J connectivity index is 2.02. The van der Waals surface area contributed by atoms with Crippen molar-refractivity contribution in [2.75, 3.05) is 18.0 Å². The van der Waals surface area contributed by atoms with Gasteiger partial charge in [-0.3, -0.25) is 0 Å². The average Bonchev–Trinajstić information content (AvgIpc) is 2.91. The maximum atomic E-state index is 5.52. The molecular formula is C10H17N3O. The predicted molar refractivity (Wildman–Crippen MR) is 55.3 cm³/mol. The summed E-state index contributed by atoms with van der Waals surface area (Å²) in [4.78, 5) is 6.48. The molecule has 0 amide bonds. The molecule has 2 N–H and O–H groups in total. The average molecular weight is 195 g/mol. The van der Waals surface area contributed by atoms with Gasteiger partial charge in [0.05, 0.1) is 6.20 Å². The maximum Gasteiger partial charge on any atom is 0.297 e. The molecule has 0 bridgehead atoms. The zero-order valence-electron chi connectivity index (χ0n) is 8.57. The summed E-state index contributed by atoms with van der Waals surface area (Å²) in [6, 6.07) is 1.40. The highest BCUT2D eigenvalue weighted by molar-refractivity contribution is 5.30. The Labute approximate surface area is 84.1 Å². The first-order valence-electron chi connectivity index (χ1n) is 5.20. The SMILES string of the molecule is Cc1cnc(N(CCCN)C2CC2)o1. The monoisotopic (exact) mass is 195 g/mol. The first-order valence-corrected chi connectivity index (χ1v) is 5.20. The van der Waals surface area contributed by atoms with Crippen molar-refractivity contribution in [2.45, 2.75) is 32.2 Å². The molecule has 0 aromatic carbocycles. The van der Waals surface area contributed by atoms with Crippen molar-refractivity contribution >= 4 is 6.01 Å². The van der Waals surface area contributed by atoms with Crippen LogP contribution in [0, 0.1) is 6.92 Å². The van der Waals surface area contributed by atoms with Crippen LogP contribution in [0.1, 0.15) is 25.0 Å². The molecule has 0 radical (unpaired) electrons. The molecule has 2 rings (SSSR count). The lowest BCUT2D eigenvalue weighted by molar-refractivity contribution is 0.504. The van der Waals surface area contributed by atoms with Gasteiger partial charge in [0.1, 0.15) is 5.76 Å². The Morgan fingerprint density at radius 2 is 2.43 bits per heavy atom. The van der Waals surface area contributed by atoms with E-state index in [0.29, 0.717) is 6.04 Å². The van der Waals surface area contributed by atoms with E-state index < -0.39 is 0 Å². The molecule has 1 aromatic rings. The smallest absolute Gasteiger partial charge is 0.297 e. The highest BCUT2D eigenvalue weighted by Gasteiger charge is 2.31. The number of hydrogen-bond acceptors (Lipinski definition) is 4. The largest absolute Gasteiger partial charge is 0.429 e. The third-order valence-corrected chi connectivity index (χ3v) is 2.45. The van der Waals surface area contributed by atoms with Gasteiger partial charge in [-0.1, -0.05) is 0 Å². The van der Waals surface area contributed by atoms with Gasteiger partial charge in [0.2, 0.25) is 0 Å². The van der Waals surface area contributed by atoms with E-state index in [9.17, 15) is 0 Å². The van der Waals surface area contributed by atoms with Crippen LogP contribution in [-0.2, 0) is 0 Å². The maximum absolute atomic E-state index is 5.52. The third-order valence-electron chi connectivity index (χ3n) is 2.45. The van der Waals surface area contributed by atoms with Crippen LogP contribution in [0.5, 0.6) is 0 Å². The summed E-state index contributed by atoms with van der Waals surface area (Å²) in [6.45, 7) is 3.61. The molecular weight excluding hydrogens is 178 g/mol. The quantitative estimate of drug-likeness (QED) is 0.769. The summed E-state index contributed by atoms with van der Waals surface area (Å²) in [5, 5.41) is 0. The van der Waals surface area contributed by atoms with Gasteiger partial charge in [0.15, 0.2) is 0 Å². The fourth-order valence-corrected chi connectivity index (χ4v) is 1.56. The second-order valence-electron chi connectivity index (χ2n) is 3.82. The molecule has 0 unspecified atom stereocenters. The van der Waals surface area contributed by atoms with Crippen LogP contribution in [0.25, 0.3) is 0 Å². The molecule has 4 nitrogen and oxygen atoms in total. The number of aryl methyl sites for hydroxylation is 1. The van der Waals surface area contributed by atoms with Crippen LogP contribution in [-0.4, -0.2) is 24.1 Å². The number of anilines is 1. The molecule has 0 aliphatic heterocycles. The van der Waals surface area contributed by atoms with Crippen molar-refractivity contribution in [1.29, 1.82) is 0 Å². The first kappa shape index (κ1) is 9.52. The highest BCUT2D eigenvalue weighted by Crippen LogP contribution is 2.31. The van der Waals surface area contributed by atoms with Crippen molar-refractivity contribution in [2.24, 2.45) is 5.73 Å². The lowest BCUT2D eigenvalue weighted by Gasteiger charge is -2.19. The zero-order chi connectivity index (χ0) is 9.97. The van der Waals surface area contributed by atoms with Gasteiger partial charge >= 0.3 is 0 Å². The second kappa shape index (κ2) is 4.00. The van der Waals surface area contributed by atoms with Gasteiger partial charge in [-0.15, -0.1) is 0 Å². The lowest BCUT2D eigenvalue weighted by Crippen LogP contribution is -2.28. The van der Waals surface area contributed by atoms with Crippen molar-refractivity contribution in [3.63, 3.8) is 0 Å². The van der Waals surface area contributed by atoms with Crippen LogP contribution in [0.3, 0.4) is 0 Å². The molecule has 1 saturated carbocycles. The molecule has 0 saturated heterocycles. The Bertz CT molecular complexity index is 293. The molecule has 0 spiro atoms. The number of nitrogens with two attached hydrogens (primary N) is 1. The first-order chi connectivity index (χ1) is 6.81. The summed E-state index contributed by atoms with van der Waals surface area (Å²) in [7, 11) is 0. The van der Waals surface area contributed by atoms with Crippen molar-refractivity contribution < 1.29 is 4.42 Å². The minimum Gasteiger partial charge on any atom is -0.429 e. The van der Waals surface area contributed by atoms with Crippen LogP contribution in [0.2, 0.25) is 0 Å². The molecule has 1 aliphatic rings. The number of rotatable bonds is 5. The Kier molecular flexibility index (Phi) is 2.72. The second-order valence-corrected chi connectivity index (χ2v) is 3.82. The van der Waals surface area contributed by atoms with E-state index in [1.165, 1.54) is 12.8 Å². The van der Waals surface area contributed by atoms with E-state index in [1.807, 2.05) is 6.92 Å². The molecule has 1 heterocycles. The van der Waals surface area contributed by atoms with E-state index in [0.717, 1.165) is 31.3 Å². The van der Waals surface area contributed by atoms with Gasteiger partial charge < -0.3 is 15.1 Å². The number of oxazole rings is 1. The van der Waals surface area contributed by atoms with E-state index in [2.05, 4.69) is 9.88 Å². The van der Waals surface area contributed by atoms with Gasteiger partial charge in [-0.05, 0) is 32.7 Å². The number of nitrogens with zero attached hydrogens (tertiary/aromatic N) is 2. The van der Waals surface area contributed by atoms with Crippen molar-refractivity contribution in [1.82, 2.24) is 4.98 Å². The van der Waals surface area contributed by atoms with E-state index in [1.54, 1.807) is 6.20 Å². The predicted octanol–water partition coefficient (Wildman–Crippen LogP) is 1.30. The van der Waals surface area contributed by atoms with Crippen molar-refractivity contribution in [3.8, 4) is 0 Å². The molecule has 1 aliphatic carbocycles. The fraction of sp³-hybridized carbons (Fsp3) is 0.700. The Hall–Kier alpha value is -1.03. The fourth-order valence-electron chi connectivity index (χ4n) is 1.56. The lowest BCUT2D eigenvalue weighted by atomic mass is 10.4. The molecule has 1 fully saturated rings. The number of aromatic nitrogens is 1. The Morgan fingerprint density at radius 1 is 1.64 bits per heavy atom.